The van der Waals surface area contributed by atoms with Crippen molar-refractivity contribution < 1.29 is 8.42 Å². The summed E-state index contributed by atoms with van der Waals surface area (Å²) in [4.78, 5) is 0. The van der Waals surface area contributed by atoms with Gasteiger partial charge in [-0.2, -0.15) is 5.10 Å². The number of fused-ring (bicyclic) bond motifs is 2. The van der Waals surface area contributed by atoms with Crippen LogP contribution in [0.5, 0.6) is 0 Å². The molecule has 6 nitrogen and oxygen atoms in total. The lowest BCUT2D eigenvalue weighted by Crippen LogP contribution is -2.39. The standard InChI is InChI=1S/C14H22N4O2S/c19-21(20,18-13-6-9-1-2-10(13)5-9)14-11(8-16-17-14)7-15-12-3-4-12/h8-10,12-13,15,18H,1-7H2,(H,16,17). The Morgan fingerprint density at radius 2 is 2.10 bits per heavy atom. The first-order valence-corrected chi connectivity index (χ1v) is 9.38. The minimum atomic E-state index is -3.49. The summed E-state index contributed by atoms with van der Waals surface area (Å²) in [6.07, 6.45) is 8.60. The maximum atomic E-state index is 12.6. The summed E-state index contributed by atoms with van der Waals surface area (Å²) in [7, 11) is -3.49. The molecule has 3 saturated carbocycles. The number of hydrogen-bond donors (Lipinski definition) is 3. The first kappa shape index (κ1) is 13.7. The predicted molar refractivity (Wildman–Crippen MR) is 78.0 cm³/mol. The molecule has 0 spiro atoms. The normalized spacial score (nSPS) is 31.9. The van der Waals surface area contributed by atoms with E-state index in [2.05, 4.69) is 20.2 Å². The van der Waals surface area contributed by atoms with Gasteiger partial charge in [-0.25, -0.2) is 13.1 Å². The Labute approximate surface area is 125 Å². The van der Waals surface area contributed by atoms with Crippen LogP contribution in [-0.2, 0) is 16.6 Å². The van der Waals surface area contributed by atoms with Crippen LogP contribution < -0.4 is 10.0 Å². The van der Waals surface area contributed by atoms with Gasteiger partial charge in [-0.15, -0.1) is 0 Å². The smallest absolute Gasteiger partial charge is 0.258 e. The minimum Gasteiger partial charge on any atom is -0.310 e. The Kier molecular flexibility index (Phi) is 3.31. The molecule has 0 amide bonds. The molecule has 3 aliphatic rings. The molecule has 3 fully saturated rings. The van der Waals surface area contributed by atoms with Gasteiger partial charge in [-0.1, -0.05) is 6.42 Å². The van der Waals surface area contributed by atoms with Crippen molar-refractivity contribution in [1.29, 1.82) is 0 Å². The molecule has 0 aromatic carbocycles. The molecule has 3 atom stereocenters. The van der Waals surface area contributed by atoms with Crippen LogP contribution in [0, 0.1) is 11.8 Å². The Bertz CT molecular complexity index is 623. The van der Waals surface area contributed by atoms with E-state index in [1.165, 1.54) is 25.7 Å². The lowest BCUT2D eigenvalue weighted by Gasteiger charge is -2.22. The van der Waals surface area contributed by atoms with Crippen molar-refractivity contribution in [2.75, 3.05) is 0 Å². The van der Waals surface area contributed by atoms with Crippen molar-refractivity contribution in [2.45, 2.75) is 62.2 Å². The summed E-state index contributed by atoms with van der Waals surface area (Å²) in [6.45, 7) is 0.564. The van der Waals surface area contributed by atoms with E-state index in [-0.39, 0.29) is 11.1 Å². The maximum absolute atomic E-state index is 12.6. The zero-order valence-electron chi connectivity index (χ0n) is 12.0. The van der Waals surface area contributed by atoms with Gasteiger partial charge in [0.1, 0.15) is 0 Å². The fourth-order valence-corrected chi connectivity index (χ4v) is 5.29. The summed E-state index contributed by atoms with van der Waals surface area (Å²) in [5.41, 5.74) is 0.734. The molecule has 4 rings (SSSR count). The van der Waals surface area contributed by atoms with Gasteiger partial charge in [0.2, 0.25) is 0 Å². The van der Waals surface area contributed by atoms with Gasteiger partial charge in [-0.05, 0) is 43.9 Å². The van der Waals surface area contributed by atoms with Crippen LogP contribution in [0.4, 0.5) is 0 Å². The van der Waals surface area contributed by atoms with Gasteiger partial charge in [-0.3, -0.25) is 5.10 Å². The first-order chi connectivity index (χ1) is 10.1. The molecule has 7 heteroatoms. The number of nitrogens with one attached hydrogen (secondary N) is 3. The number of hydrogen-bond acceptors (Lipinski definition) is 4. The second-order valence-corrected chi connectivity index (χ2v) is 8.43. The molecule has 0 saturated heterocycles. The van der Waals surface area contributed by atoms with Crippen molar-refractivity contribution in [3.63, 3.8) is 0 Å². The monoisotopic (exact) mass is 310 g/mol. The van der Waals surface area contributed by atoms with E-state index >= 15 is 0 Å². The Balaban J connectivity index is 1.47. The van der Waals surface area contributed by atoms with Crippen LogP contribution in [0.1, 0.15) is 44.1 Å². The Hall–Kier alpha value is -0.920. The van der Waals surface area contributed by atoms with E-state index in [4.69, 9.17) is 0 Å². The van der Waals surface area contributed by atoms with Gasteiger partial charge in [0.05, 0.1) is 6.20 Å². The highest BCUT2D eigenvalue weighted by Gasteiger charge is 2.41. The molecule has 116 valence electrons. The summed E-state index contributed by atoms with van der Waals surface area (Å²) >= 11 is 0. The molecular formula is C14H22N4O2S. The van der Waals surface area contributed by atoms with Crippen LogP contribution in [0.15, 0.2) is 11.2 Å². The lowest BCUT2D eigenvalue weighted by molar-refractivity contribution is 0.389. The predicted octanol–water partition coefficient (Wildman–Crippen LogP) is 1.13. The average Bonchev–Trinajstić information content (AvgIpc) is 2.88. The first-order valence-electron chi connectivity index (χ1n) is 7.90. The van der Waals surface area contributed by atoms with Gasteiger partial charge in [0.25, 0.3) is 10.0 Å². The van der Waals surface area contributed by atoms with Gasteiger partial charge in [0, 0.05) is 24.2 Å². The fraction of sp³-hybridized carbons (Fsp3) is 0.786. The molecule has 21 heavy (non-hydrogen) atoms. The van der Waals surface area contributed by atoms with Crippen LogP contribution in [0.25, 0.3) is 0 Å². The summed E-state index contributed by atoms with van der Waals surface area (Å²) in [5.74, 6) is 1.25. The molecule has 1 aromatic heterocycles. The molecule has 2 bridgehead atoms. The number of sulfonamides is 1. The molecular weight excluding hydrogens is 288 g/mol. The van der Waals surface area contributed by atoms with Crippen molar-refractivity contribution in [2.24, 2.45) is 11.8 Å². The SMILES string of the molecule is O=S(=O)(NC1CC2CCC1C2)c1[nH]ncc1CNC1CC1. The molecule has 0 radical (unpaired) electrons. The van der Waals surface area contributed by atoms with Crippen molar-refractivity contribution in [1.82, 2.24) is 20.2 Å². The van der Waals surface area contributed by atoms with Crippen LogP contribution in [0.2, 0.25) is 0 Å². The van der Waals surface area contributed by atoms with Crippen LogP contribution >= 0.6 is 0 Å². The second-order valence-electron chi connectivity index (χ2n) is 6.78. The minimum absolute atomic E-state index is 0.112. The Morgan fingerprint density at radius 3 is 2.76 bits per heavy atom. The van der Waals surface area contributed by atoms with E-state index in [0.29, 0.717) is 18.5 Å². The highest BCUT2D eigenvalue weighted by Crippen LogP contribution is 2.44. The zero-order valence-corrected chi connectivity index (χ0v) is 12.8. The third kappa shape index (κ3) is 2.74. The number of nitrogens with zero attached hydrogens (tertiary/aromatic N) is 1. The van der Waals surface area contributed by atoms with E-state index < -0.39 is 10.0 Å². The van der Waals surface area contributed by atoms with E-state index in [1.54, 1.807) is 6.20 Å². The number of rotatable bonds is 6. The molecule has 0 aliphatic heterocycles. The van der Waals surface area contributed by atoms with Gasteiger partial charge >= 0.3 is 0 Å². The topological polar surface area (TPSA) is 86.9 Å². The van der Waals surface area contributed by atoms with Crippen LogP contribution in [0.3, 0.4) is 0 Å². The number of H-pyrrole nitrogens is 1. The van der Waals surface area contributed by atoms with E-state index in [9.17, 15) is 8.42 Å². The van der Waals surface area contributed by atoms with Gasteiger partial charge < -0.3 is 5.32 Å². The van der Waals surface area contributed by atoms with Crippen molar-refractivity contribution >= 4 is 10.0 Å². The molecule has 3 unspecified atom stereocenters. The third-order valence-corrected chi connectivity index (χ3v) is 6.65. The fourth-order valence-electron chi connectivity index (χ4n) is 3.85. The molecule has 1 heterocycles. The summed E-state index contributed by atoms with van der Waals surface area (Å²) in [6, 6.07) is 0.662. The lowest BCUT2D eigenvalue weighted by atomic mass is 9.96. The molecule has 3 N–H and O–H groups in total. The second kappa shape index (κ2) is 5.07. The molecule has 3 aliphatic carbocycles. The van der Waals surface area contributed by atoms with E-state index in [1.807, 2.05) is 0 Å². The molecule has 1 aromatic rings. The van der Waals surface area contributed by atoms with E-state index in [0.717, 1.165) is 24.3 Å². The summed E-state index contributed by atoms with van der Waals surface area (Å²) in [5, 5.41) is 10.2. The largest absolute Gasteiger partial charge is 0.310 e. The quantitative estimate of drug-likeness (QED) is 0.735. The zero-order chi connectivity index (χ0) is 14.4. The number of aromatic amines is 1. The highest BCUT2D eigenvalue weighted by molar-refractivity contribution is 7.89. The maximum Gasteiger partial charge on any atom is 0.258 e. The number of aromatic nitrogens is 2. The van der Waals surface area contributed by atoms with Crippen molar-refractivity contribution in [3.05, 3.63) is 11.8 Å². The van der Waals surface area contributed by atoms with Gasteiger partial charge in [0.15, 0.2) is 5.03 Å². The average molecular weight is 310 g/mol. The van der Waals surface area contributed by atoms with Crippen LogP contribution in [-0.4, -0.2) is 30.7 Å². The Morgan fingerprint density at radius 1 is 1.24 bits per heavy atom. The third-order valence-electron chi connectivity index (χ3n) is 5.15. The summed E-state index contributed by atoms with van der Waals surface area (Å²) < 4.78 is 28.1. The van der Waals surface area contributed by atoms with Crippen molar-refractivity contribution in [3.8, 4) is 0 Å². The highest BCUT2D eigenvalue weighted by atomic mass is 32.2.